The van der Waals surface area contributed by atoms with Crippen molar-refractivity contribution in [1.29, 1.82) is 0 Å². The minimum Gasteiger partial charge on any atom is -0.496 e. The molecule has 0 aliphatic carbocycles. The van der Waals surface area contributed by atoms with Crippen molar-refractivity contribution in [2.75, 3.05) is 13.7 Å². The molecule has 0 spiro atoms. The third kappa shape index (κ3) is 4.02. The average molecular weight is 417 g/mol. The number of rotatable bonds is 4. The second kappa shape index (κ2) is 8.84. The number of carbonyl (C=O) groups excluding carboxylic acids is 1. The standard InChI is InChI=1S/C25H28N4O2/c1-16-8-7-9-20(24(16)31-4)25(30)29-13-6-5-10-22(29)23-21(15-27-18(3)28-23)19-11-12-26-14-17(19)2/h7-9,11-12,14-15,22H,5-6,10,13H2,1-4H3/t22-/m1/s1. The number of para-hydroxylation sites is 1. The van der Waals surface area contributed by atoms with Gasteiger partial charge in [-0.3, -0.25) is 9.78 Å². The van der Waals surface area contributed by atoms with Crippen LogP contribution in [0.15, 0.2) is 42.9 Å². The van der Waals surface area contributed by atoms with Gasteiger partial charge in [0.1, 0.15) is 11.6 Å². The quantitative estimate of drug-likeness (QED) is 0.609. The summed E-state index contributed by atoms with van der Waals surface area (Å²) in [5.74, 6) is 1.33. The van der Waals surface area contributed by atoms with E-state index < -0.39 is 0 Å². The highest BCUT2D eigenvalue weighted by Gasteiger charge is 2.33. The first-order chi connectivity index (χ1) is 15.0. The van der Waals surface area contributed by atoms with Crippen LogP contribution < -0.4 is 4.74 Å². The van der Waals surface area contributed by atoms with Crippen molar-refractivity contribution in [3.05, 3.63) is 71.1 Å². The van der Waals surface area contributed by atoms with Gasteiger partial charge in [-0.25, -0.2) is 9.97 Å². The van der Waals surface area contributed by atoms with Crippen LogP contribution in [0, 0.1) is 20.8 Å². The van der Waals surface area contributed by atoms with Gasteiger partial charge in [0.25, 0.3) is 5.91 Å². The molecule has 6 heteroatoms. The molecule has 3 aromatic rings. The zero-order valence-electron chi connectivity index (χ0n) is 18.6. The first-order valence-corrected chi connectivity index (χ1v) is 10.7. The van der Waals surface area contributed by atoms with Gasteiger partial charge in [-0.15, -0.1) is 0 Å². The van der Waals surface area contributed by atoms with E-state index in [1.54, 1.807) is 13.3 Å². The molecule has 2 aromatic heterocycles. The number of hydrogen-bond donors (Lipinski definition) is 0. The lowest BCUT2D eigenvalue weighted by Gasteiger charge is -2.36. The Morgan fingerprint density at radius 2 is 1.90 bits per heavy atom. The Balaban J connectivity index is 1.81. The Morgan fingerprint density at radius 1 is 1.06 bits per heavy atom. The first-order valence-electron chi connectivity index (χ1n) is 10.7. The van der Waals surface area contributed by atoms with Crippen LogP contribution in [-0.2, 0) is 0 Å². The van der Waals surface area contributed by atoms with Crippen molar-refractivity contribution in [3.8, 4) is 16.9 Å². The van der Waals surface area contributed by atoms with Crippen LogP contribution in [0.25, 0.3) is 11.1 Å². The molecule has 4 rings (SSSR count). The molecule has 1 fully saturated rings. The lowest BCUT2D eigenvalue weighted by atomic mass is 9.92. The molecule has 0 radical (unpaired) electrons. The zero-order valence-corrected chi connectivity index (χ0v) is 18.6. The molecule has 6 nitrogen and oxygen atoms in total. The zero-order chi connectivity index (χ0) is 22.0. The largest absolute Gasteiger partial charge is 0.496 e. The van der Waals surface area contributed by atoms with E-state index >= 15 is 0 Å². The van der Waals surface area contributed by atoms with Gasteiger partial charge in [0.15, 0.2) is 0 Å². The second-order valence-electron chi connectivity index (χ2n) is 8.07. The number of methoxy groups -OCH3 is 1. The van der Waals surface area contributed by atoms with Gasteiger partial charge in [-0.05, 0) is 68.9 Å². The Morgan fingerprint density at radius 3 is 2.68 bits per heavy atom. The summed E-state index contributed by atoms with van der Waals surface area (Å²) in [5, 5.41) is 0. The number of aryl methyl sites for hydroxylation is 3. The molecule has 1 saturated heterocycles. The number of carbonyl (C=O) groups is 1. The third-order valence-electron chi connectivity index (χ3n) is 5.97. The fraction of sp³-hybridized carbons (Fsp3) is 0.360. The van der Waals surface area contributed by atoms with Crippen molar-refractivity contribution >= 4 is 5.91 Å². The summed E-state index contributed by atoms with van der Waals surface area (Å²) in [6.07, 6.45) is 8.41. The summed E-state index contributed by atoms with van der Waals surface area (Å²) in [5.41, 5.74) is 5.53. The normalized spacial score (nSPS) is 16.3. The number of likely N-dealkylation sites (tertiary alicyclic amines) is 1. The molecular weight excluding hydrogens is 388 g/mol. The highest BCUT2D eigenvalue weighted by molar-refractivity contribution is 5.97. The summed E-state index contributed by atoms with van der Waals surface area (Å²) in [6, 6.07) is 7.59. The topological polar surface area (TPSA) is 68.2 Å². The summed E-state index contributed by atoms with van der Waals surface area (Å²) in [4.78, 5) is 29.2. The van der Waals surface area contributed by atoms with E-state index in [-0.39, 0.29) is 11.9 Å². The number of amides is 1. The highest BCUT2D eigenvalue weighted by Crippen LogP contribution is 2.38. The highest BCUT2D eigenvalue weighted by atomic mass is 16.5. The maximum Gasteiger partial charge on any atom is 0.258 e. The number of hydrogen-bond acceptors (Lipinski definition) is 5. The molecule has 0 N–H and O–H groups in total. The van der Waals surface area contributed by atoms with E-state index in [1.807, 2.05) is 62.3 Å². The monoisotopic (exact) mass is 416 g/mol. The average Bonchev–Trinajstić information content (AvgIpc) is 2.79. The van der Waals surface area contributed by atoms with E-state index in [0.29, 0.717) is 23.7 Å². The molecule has 1 aromatic carbocycles. The molecule has 0 saturated carbocycles. The molecule has 31 heavy (non-hydrogen) atoms. The summed E-state index contributed by atoms with van der Waals surface area (Å²) < 4.78 is 5.58. The van der Waals surface area contributed by atoms with Crippen LogP contribution in [0.2, 0.25) is 0 Å². The first kappa shape index (κ1) is 21.0. The van der Waals surface area contributed by atoms with E-state index in [1.165, 1.54) is 0 Å². The van der Waals surface area contributed by atoms with E-state index in [2.05, 4.69) is 9.97 Å². The van der Waals surface area contributed by atoms with Crippen LogP contribution >= 0.6 is 0 Å². The van der Waals surface area contributed by atoms with Crippen molar-refractivity contribution in [2.45, 2.75) is 46.1 Å². The van der Waals surface area contributed by atoms with Crippen LogP contribution in [0.4, 0.5) is 0 Å². The molecular formula is C25H28N4O2. The number of ether oxygens (including phenoxy) is 1. The summed E-state index contributed by atoms with van der Waals surface area (Å²) in [7, 11) is 1.62. The third-order valence-corrected chi connectivity index (χ3v) is 5.97. The fourth-order valence-electron chi connectivity index (χ4n) is 4.43. The molecule has 160 valence electrons. The van der Waals surface area contributed by atoms with Crippen LogP contribution in [0.1, 0.15) is 58.3 Å². The Labute approximate surface area is 183 Å². The maximum absolute atomic E-state index is 13.7. The Bertz CT molecular complexity index is 1110. The predicted molar refractivity (Wildman–Crippen MR) is 120 cm³/mol. The molecule has 3 heterocycles. The molecule has 1 aliphatic rings. The molecule has 1 aliphatic heterocycles. The second-order valence-corrected chi connectivity index (χ2v) is 8.07. The van der Waals surface area contributed by atoms with Crippen LogP contribution in [-0.4, -0.2) is 39.4 Å². The van der Waals surface area contributed by atoms with E-state index in [9.17, 15) is 4.79 Å². The van der Waals surface area contributed by atoms with Gasteiger partial charge in [0.05, 0.1) is 24.4 Å². The molecule has 1 atom stereocenters. The molecule has 0 unspecified atom stereocenters. The summed E-state index contributed by atoms with van der Waals surface area (Å²) in [6.45, 7) is 6.58. The van der Waals surface area contributed by atoms with Crippen LogP contribution in [0.5, 0.6) is 5.75 Å². The maximum atomic E-state index is 13.7. The van der Waals surface area contributed by atoms with Gasteiger partial charge in [-0.2, -0.15) is 0 Å². The number of nitrogens with zero attached hydrogens (tertiary/aromatic N) is 4. The lowest BCUT2D eigenvalue weighted by Crippen LogP contribution is -2.39. The Hall–Kier alpha value is -3.28. The number of aromatic nitrogens is 3. The number of piperidine rings is 1. The van der Waals surface area contributed by atoms with E-state index in [4.69, 9.17) is 9.72 Å². The minimum atomic E-state index is -0.115. The molecule has 1 amide bonds. The lowest BCUT2D eigenvalue weighted by molar-refractivity contribution is 0.0603. The van der Waals surface area contributed by atoms with Gasteiger partial charge in [-0.1, -0.05) is 12.1 Å². The van der Waals surface area contributed by atoms with E-state index in [0.717, 1.165) is 47.2 Å². The van der Waals surface area contributed by atoms with Crippen LogP contribution in [0.3, 0.4) is 0 Å². The van der Waals surface area contributed by atoms with Gasteiger partial charge >= 0.3 is 0 Å². The van der Waals surface area contributed by atoms with Crippen molar-refractivity contribution < 1.29 is 9.53 Å². The van der Waals surface area contributed by atoms with Crippen molar-refractivity contribution in [2.24, 2.45) is 0 Å². The van der Waals surface area contributed by atoms with Crippen molar-refractivity contribution in [3.63, 3.8) is 0 Å². The fourth-order valence-corrected chi connectivity index (χ4v) is 4.43. The van der Waals surface area contributed by atoms with Gasteiger partial charge in [0.2, 0.25) is 0 Å². The SMILES string of the molecule is COc1c(C)cccc1C(=O)N1CCCC[C@@H]1c1nc(C)ncc1-c1ccncc1C. The summed E-state index contributed by atoms with van der Waals surface area (Å²) >= 11 is 0. The number of benzene rings is 1. The Kier molecular flexibility index (Phi) is 5.98. The molecule has 0 bridgehead atoms. The smallest absolute Gasteiger partial charge is 0.258 e. The minimum absolute atomic E-state index is 0.0149. The predicted octanol–water partition coefficient (Wildman–Crippen LogP) is 4.84. The number of pyridine rings is 1. The van der Waals surface area contributed by atoms with Gasteiger partial charge < -0.3 is 9.64 Å². The van der Waals surface area contributed by atoms with Crippen molar-refractivity contribution in [1.82, 2.24) is 19.9 Å². The van der Waals surface area contributed by atoms with Gasteiger partial charge in [0, 0.05) is 30.7 Å².